The third-order valence-corrected chi connectivity index (χ3v) is 4.79. The third-order valence-electron chi connectivity index (χ3n) is 4.79. The molecule has 1 aromatic heterocycles. The molecule has 0 fully saturated rings. The van der Waals surface area contributed by atoms with Crippen LogP contribution < -0.4 is 5.32 Å². The molecule has 0 atom stereocenters. The SMILES string of the molecule is O=C(Nc1cc(-c2ccccc2F)ccc1C(=O)O)c1cncc(-c2ccccc2)c1. The first-order valence-electron chi connectivity index (χ1n) is 9.47. The molecule has 31 heavy (non-hydrogen) atoms. The minimum atomic E-state index is -1.20. The smallest absolute Gasteiger partial charge is 0.337 e. The normalized spacial score (nSPS) is 10.5. The molecule has 3 aromatic carbocycles. The second-order valence-electron chi connectivity index (χ2n) is 6.83. The predicted molar refractivity (Wildman–Crippen MR) is 116 cm³/mol. The summed E-state index contributed by atoms with van der Waals surface area (Å²) in [7, 11) is 0. The van der Waals surface area contributed by atoms with Gasteiger partial charge in [0.05, 0.1) is 16.8 Å². The van der Waals surface area contributed by atoms with Crippen molar-refractivity contribution in [1.82, 2.24) is 4.98 Å². The lowest BCUT2D eigenvalue weighted by molar-refractivity contribution is 0.0698. The lowest BCUT2D eigenvalue weighted by Gasteiger charge is -2.12. The second-order valence-corrected chi connectivity index (χ2v) is 6.83. The molecular formula is C25H17FN2O3. The highest BCUT2D eigenvalue weighted by Gasteiger charge is 2.16. The van der Waals surface area contributed by atoms with Crippen LogP contribution >= 0.6 is 0 Å². The Morgan fingerprint density at radius 1 is 0.806 bits per heavy atom. The lowest BCUT2D eigenvalue weighted by Crippen LogP contribution is -2.15. The molecule has 0 aliphatic carbocycles. The molecule has 152 valence electrons. The van der Waals surface area contributed by atoms with E-state index in [1.807, 2.05) is 30.3 Å². The number of hydrogen-bond donors (Lipinski definition) is 2. The van der Waals surface area contributed by atoms with E-state index in [1.165, 1.54) is 30.5 Å². The van der Waals surface area contributed by atoms with Crippen molar-refractivity contribution in [3.63, 3.8) is 0 Å². The first-order chi connectivity index (χ1) is 15.0. The van der Waals surface area contributed by atoms with Gasteiger partial charge in [-0.1, -0.05) is 54.6 Å². The monoisotopic (exact) mass is 412 g/mol. The van der Waals surface area contributed by atoms with Crippen molar-refractivity contribution < 1.29 is 19.1 Å². The number of carbonyl (C=O) groups excluding carboxylic acids is 1. The van der Waals surface area contributed by atoms with E-state index in [4.69, 9.17) is 0 Å². The number of aromatic carboxylic acids is 1. The zero-order valence-corrected chi connectivity index (χ0v) is 16.2. The highest BCUT2D eigenvalue weighted by molar-refractivity contribution is 6.08. The fourth-order valence-corrected chi connectivity index (χ4v) is 3.24. The molecular weight excluding hydrogens is 395 g/mol. The van der Waals surface area contributed by atoms with E-state index in [2.05, 4.69) is 10.3 Å². The maximum absolute atomic E-state index is 14.2. The minimum Gasteiger partial charge on any atom is -0.478 e. The number of rotatable bonds is 5. The van der Waals surface area contributed by atoms with E-state index in [0.717, 1.165) is 11.1 Å². The summed E-state index contributed by atoms with van der Waals surface area (Å²) in [4.78, 5) is 28.7. The number of nitrogens with zero attached hydrogens (tertiary/aromatic N) is 1. The van der Waals surface area contributed by atoms with Crippen LogP contribution in [0.1, 0.15) is 20.7 Å². The molecule has 1 amide bonds. The molecule has 1 heterocycles. The second kappa shape index (κ2) is 8.59. The molecule has 0 saturated heterocycles. The van der Waals surface area contributed by atoms with Crippen molar-refractivity contribution in [3.05, 3.63) is 108 Å². The van der Waals surface area contributed by atoms with Crippen LogP contribution in [0.5, 0.6) is 0 Å². The molecule has 0 unspecified atom stereocenters. The number of hydrogen-bond acceptors (Lipinski definition) is 3. The quantitative estimate of drug-likeness (QED) is 0.453. The van der Waals surface area contributed by atoms with Crippen molar-refractivity contribution in [2.75, 3.05) is 5.32 Å². The number of aromatic nitrogens is 1. The van der Waals surface area contributed by atoms with Gasteiger partial charge in [-0.25, -0.2) is 9.18 Å². The topological polar surface area (TPSA) is 79.3 Å². The van der Waals surface area contributed by atoms with E-state index in [0.29, 0.717) is 11.1 Å². The third kappa shape index (κ3) is 4.33. The molecule has 4 aromatic rings. The summed E-state index contributed by atoms with van der Waals surface area (Å²) in [5, 5.41) is 12.2. The highest BCUT2D eigenvalue weighted by Crippen LogP contribution is 2.28. The number of nitrogens with one attached hydrogen (secondary N) is 1. The molecule has 2 N–H and O–H groups in total. The number of carbonyl (C=O) groups is 2. The van der Waals surface area contributed by atoms with E-state index >= 15 is 0 Å². The van der Waals surface area contributed by atoms with Crippen LogP contribution in [-0.4, -0.2) is 22.0 Å². The van der Waals surface area contributed by atoms with Gasteiger partial charge < -0.3 is 10.4 Å². The van der Waals surface area contributed by atoms with Crippen molar-refractivity contribution in [3.8, 4) is 22.3 Å². The average molecular weight is 412 g/mol. The summed E-state index contributed by atoms with van der Waals surface area (Å²) in [6.45, 7) is 0. The summed E-state index contributed by atoms with van der Waals surface area (Å²) in [6.07, 6.45) is 3.05. The number of anilines is 1. The van der Waals surface area contributed by atoms with E-state index in [1.54, 1.807) is 30.5 Å². The number of benzene rings is 3. The number of carboxylic acids is 1. The molecule has 0 spiro atoms. The van der Waals surface area contributed by atoms with Gasteiger partial charge in [0.2, 0.25) is 0 Å². The van der Waals surface area contributed by atoms with Gasteiger partial charge in [-0.05, 0) is 35.4 Å². The van der Waals surface area contributed by atoms with Crippen molar-refractivity contribution >= 4 is 17.6 Å². The van der Waals surface area contributed by atoms with Crippen LogP contribution in [0.4, 0.5) is 10.1 Å². The van der Waals surface area contributed by atoms with Gasteiger partial charge in [0.25, 0.3) is 5.91 Å². The molecule has 6 heteroatoms. The molecule has 0 bridgehead atoms. The number of carboxylic acid groups (broad SMARTS) is 1. The van der Waals surface area contributed by atoms with Gasteiger partial charge in [0.1, 0.15) is 5.82 Å². The van der Waals surface area contributed by atoms with E-state index < -0.39 is 17.7 Å². The molecule has 5 nitrogen and oxygen atoms in total. The Morgan fingerprint density at radius 2 is 1.55 bits per heavy atom. The Balaban J connectivity index is 1.68. The summed E-state index contributed by atoms with van der Waals surface area (Å²) in [5.41, 5.74) is 2.67. The summed E-state index contributed by atoms with van der Waals surface area (Å²) in [6, 6.07) is 21.6. The van der Waals surface area contributed by atoms with Crippen LogP contribution in [0.2, 0.25) is 0 Å². The van der Waals surface area contributed by atoms with Crippen LogP contribution in [-0.2, 0) is 0 Å². The van der Waals surface area contributed by atoms with Crippen molar-refractivity contribution in [2.24, 2.45) is 0 Å². The zero-order chi connectivity index (χ0) is 21.8. The number of halogens is 1. The zero-order valence-electron chi connectivity index (χ0n) is 16.2. The Hall–Kier alpha value is -4.32. The van der Waals surface area contributed by atoms with Gasteiger partial charge in [0.15, 0.2) is 0 Å². The Morgan fingerprint density at radius 3 is 2.29 bits per heavy atom. The fourth-order valence-electron chi connectivity index (χ4n) is 3.24. The first kappa shape index (κ1) is 20.0. The maximum atomic E-state index is 14.2. The molecule has 0 radical (unpaired) electrons. The maximum Gasteiger partial charge on any atom is 0.337 e. The van der Waals surface area contributed by atoms with Crippen LogP contribution in [0.25, 0.3) is 22.3 Å². The predicted octanol–water partition coefficient (Wildman–Crippen LogP) is 5.51. The summed E-state index contributed by atoms with van der Waals surface area (Å²) in [5.74, 6) is -2.16. The van der Waals surface area contributed by atoms with Crippen molar-refractivity contribution in [2.45, 2.75) is 0 Å². The minimum absolute atomic E-state index is 0.0726. The lowest BCUT2D eigenvalue weighted by atomic mass is 10.0. The number of amides is 1. The van der Waals surface area contributed by atoms with Gasteiger partial charge in [-0.15, -0.1) is 0 Å². The molecule has 4 rings (SSSR count). The van der Waals surface area contributed by atoms with Gasteiger partial charge in [-0.3, -0.25) is 9.78 Å². The highest BCUT2D eigenvalue weighted by atomic mass is 19.1. The average Bonchev–Trinajstić information content (AvgIpc) is 2.80. The standard InChI is InChI=1S/C25H17FN2O3/c26-22-9-5-4-8-20(22)17-10-11-21(25(30)31)23(13-17)28-24(29)19-12-18(14-27-15-19)16-6-2-1-3-7-16/h1-15H,(H,28,29)(H,30,31). The van der Waals surface area contributed by atoms with Gasteiger partial charge in [-0.2, -0.15) is 0 Å². The van der Waals surface area contributed by atoms with E-state index in [9.17, 15) is 19.1 Å². The van der Waals surface area contributed by atoms with Gasteiger partial charge in [0, 0.05) is 23.5 Å². The fraction of sp³-hybridized carbons (Fsp3) is 0. The van der Waals surface area contributed by atoms with Crippen LogP contribution in [0.15, 0.2) is 91.3 Å². The molecule has 0 saturated carbocycles. The van der Waals surface area contributed by atoms with E-state index in [-0.39, 0.29) is 16.8 Å². The Labute approximate surface area is 177 Å². The Kier molecular flexibility index (Phi) is 5.53. The van der Waals surface area contributed by atoms with Gasteiger partial charge >= 0.3 is 5.97 Å². The largest absolute Gasteiger partial charge is 0.478 e. The van der Waals surface area contributed by atoms with Crippen LogP contribution in [0.3, 0.4) is 0 Å². The summed E-state index contributed by atoms with van der Waals surface area (Å²) < 4.78 is 14.2. The van der Waals surface area contributed by atoms with Crippen LogP contribution in [0, 0.1) is 5.82 Å². The summed E-state index contributed by atoms with van der Waals surface area (Å²) >= 11 is 0. The Bertz CT molecular complexity index is 1270. The van der Waals surface area contributed by atoms with Crippen molar-refractivity contribution in [1.29, 1.82) is 0 Å². The first-order valence-corrected chi connectivity index (χ1v) is 9.47. The molecule has 0 aliphatic heterocycles. The molecule has 0 aliphatic rings. The number of pyridine rings is 1.